The van der Waals surface area contributed by atoms with Crippen molar-refractivity contribution in [1.82, 2.24) is 0 Å². The van der Waals surface area contributed by atoms with Crippen LogP contribution in [0.4, 0.5) is 0 Å². The quantitative estimate of drug-likeness (QED) is 0.448. The van der Waals surface area contributed by atoms with Gasteiger partial charge in [0.15, 0.2) is 0 Å². The molecule has 0 heterocycles. The second-order valence-electron chi connectivity index (χ2n) is 7.50. The summed E-state index contributed by atoms with van der Waals surface area (Å²) in [6.07, 6.45) is 0. The predicted octanol–water partition coefficient (Wildman–Crippen LogP) is -0.0351. The van der Waals surface area contributed by atoms with Crippen molar-refractivity contribution in [2.24, 2.45) is 0 Å². The molecule has 7 heavy (non-hydrogen) atoms. The van der Waals surface area contributed by atoms with Crippen LogP contribution in [0.25, 0.3) is 0 Å². The maximum absolute atomic E-state index is 2.54. The number of hydrogen-bond acceptors (Lipinski definition) is 0. The van der Waals surface area contributed by atoms with Crippen molar-refractivity contribution in [3.8, 4) is 0 Å². The van der Waals surface area contributed by atoms with Crippen molar-refractivity contribution in [2.75, 3.05) is 0 Å². The molecule has 0 aliphatic rings. The van der Waals surface area contributed by atoms with Crippen molar-refractivity contribution in [3.05, 3.63) is 0 Å². The van der Waals surface area contributed by atoms with Gasteiger partial charge in [0, 0.05) is 0 Å². The van der Waals surface area contributed by atoms with E-state index in [4.69, 9.17) is 0 Å². The van der Waals surface area contributed by atoms with Crippen molar-refractivity contribution < 1.29 is 12.5 Å². The van der Waals surface area contributed by atoms with E-state index in [1.165, 1.54) is 16.2 Å². The fourth-order valence-electron chi connectivity index (χ4n) is 0. The summed E-state index contributed by atoms with van der Waals surface area (Å²) in [5.41, 5.74) is 0. The molecule has 0 unspecified atom stereocenters. The molecule has 0 aromatic carbocycles. The first kappa shape index (κ1) is 8.15. The van der Waals surface area contributed by atoms with Crippen LogP contribution in [0.2, 0.25) is 20.9 Å². The summed E-state index contributed by atoms with van der Waals surface area (Å²) in [5.74, 6) is 0. The first-order valence-electron chi connectivity index (χ1n) is 3.00. The molecule has 0 atom stereocenters. The standard InChI is InChI=1S/4CH3.2H3Si.Ti/h6*1H3;. The van der Waals surface area contributed by atoms with E-state index in [-0.39, 0.29) is 0 Å². The molecule has 3 heteroatoms. The molecule has 0 radical (unpaired) electrons. The third-order valence-electron chi connectivity index (χ3n) is 0. The normalized spacial score (nSPS) is 24.0. The molecule has 0 rings (SSSR count). The molecule has 0 fully saturated rings. The molecule has 0 N–H and O–H groups in total. The Labute approximate surface area is 49.7 Å². The minimum atomic E-state index is -1.89. The topological polar surface area (TPSA) is 0 Å². The van der Waals surface area contributed by atoms with E-state index in [1.54, 1.807) is 0 Å². The van der Waals surface area contributed by atoms with Crippen LogP contribution in [-0.2, 0) is 12.5 Å². The third-order valence-corrected chi connectivity index (χ3v) is 0. The molecule has 0 aromatic heterocycles. The molecule has 0 aliphatic carbocycles. The summed E-state index contributed by atoms with van der Waals surface area (Å²) in [6.45, 7) is 0. The Morgan fingerprint density at radius 3 is 0.857 bits per heavy atom. The Morgan fingerprint density at radius 2 is 0.857 bits per heavy atom. The molecule has 46 valence electrons. The van der Waals surface area contributed by atoms with Gasteiger partial charge in [0.1, 0.15) is 0 Å². The van der Waals surface area contributed by atoms with Gasteiger partial charge in [-0.25, -0.2) is 0 Å². The van der Waals surface area contributed by atoms with Gasteiger partial charge < -0.3 is 0 Å². The zero-order chi connectivity index (χ0) is 6.41. The maximum atomic E-state index is 2.54. The summed E-state index contributed by atoms with van der Waals surface area (Å²) in [4.78, 5) is 0. The Hall–Kier alpha value is 1.15. The van der Waals surface area contributed by atoms with Crippen LogP contribution in [0.15, 0.2) is 0 Å². The van der Waals surface area contributed by atoms with Gasteiger partial charge in [0.2, 0.25) is 0 Å². The van der Waals surface area contributed by atoms with Gasteiger partial charge in [0.05, 0.1) is 0 Å². The second kappa shape index (κ2) is 1.04. The average molecular weight is 170 g/mol. The zero-order valence-electron chi connectivity index (χ0n) is 6.50. The van der Waals surface area contributed by atoms with Crippen molar-refractivity contribution >= 4 is 16.2 Å². The Balaban J connectivity index is 4.43. The summed E-state index contributed by atoms with van der Waals surface area (Å²) in [6, 6.07) is 0. The van der Waals surface area contributed by atoms with E-state index in [1.807, 2.05) is 0 Å². The van der Waals surface area contributed by atoms with Crippen molar-refractivity contribution in [2.45, 2.75) is 20.9 Å². The minimum absolute atomic E-state index is 1.48. The van der Waals surface area contributed by atoms with E-state index >= 15 is 0 Å². The summed E-state index contributed by atoms with van der Waals surface area (Å²) in [7, 11) is 2.95. The molecule has 0 spiro atoms. The van der Waals surface area contributed by atoms with Gasteiger partial charge >= 0.3 is 49.7 Å². The zero-order valence-corrected chi connectivity index (χ0v) is 12.1. The predicted molar refractivity (Wildman–Crippen MR) is 43.3 cm³/mol. The van der Waals surface area contributed by atoms with Crippen LogP contribution in [0, 0.1) is 0 Å². The van der Waals surface area contributed by atoms with E-state index < -0.39 is 12.5 Å². The summed E-state index contributed by atoms with van der Waals surface area (Å²) < 4.78 is 0. The SMILES string of the molecule is [CH3][Ti]([CH3])([CH3])([CH3])([SiH3])[SiH3]. The van der Waals surface area contributed by atoms with Crippen LogP contribution in [0.1, 0.15) is 0 Å². The van der Waals surface area contributed by atoms with Gasteiger partial charge in [-0.1, -0.05) is 0 Å². The van der Waals surface area contributed by atoms with Gasteiger partial charge in [-0.05, 0) is 0 Å². The first-order valence-corrected chi connectivity index (χ1v) is 20.6. The van der Waals surface area contributed by atoms with Crippen molar-refractivity contribution in [1.29, 1.82) is 0 Å². The van der Waals surface area contributed by atoms with Crippen LogP contribution >= 0.6 is 0 Å². The van der Waals surface area contributed by atoms with Crippen LogP contribution in [-0.4, -0.2) is 16.2 Å². The first-order chi connectivity index (χ1) is 2.45. The monoisotopic (exact) mass is 170 g/mol. The molecule has 0 aromatic rings. The van der Waals surface area contributed by atoms with E-state index in [2.05, 4.69) is 20.9 Å². The van der Waals surface area contributed by atoms with Gasteiger partial charge in [-0.2, -0.15) is 0 Å². The molecule has 0 aliphatic heterocycles. The third kappa shape index (κ3) is 144. The Kier molecular flexibility index (Phi) is 1.21. The van der Waals surface area contributed by atoms with Gasteiger partial charge in [0.25, 0.3) is 0 Å². The van der Waals surface area contributed by atoms with Gasteiger partial charge in [-0.3, -0.25) is 0 Å². The van der Waals surface area contributed by atoms with Crippen LogP contribution in [0.3, 0.4) is 0 Å². The average Bonchev–Trinajstić information content (AvgIpc) is 0.592. The van der Waals surface area contributed by atoms with E-state index in [0.29, 0.717) is 0 Å². The van der Waals surface area contributed by atoms with E-state index in [9.17, 15) is 0 Å². The fourth-order valence-corrected chi connectivity index (χ4v) is 0. The van der Waals surface area contributed by atoms with Crippen molar-refractivity contribution in [3.63, 3.8) is 0 Å². The van der Waals surface area contributed by atoms with Crippen LogP contribution < -0.4 is 0 Å². The summed E-state index contributed by atoms with van der Waals surface area (Å²) in [5, 5.41) is 10.2. The molecule has 0 amide bonds. The number of hydrogen-bond donors (Lipinski definition) is 0. The number of rotatable bonds is 0. The fraction of sp³-hybridized carbons (Fsp3) is 1.00. The molecule has 0 saturated heterocycles. The van der Waals surface area contributed by atoms with E-state index in [0.717, 1.165) is 0 Å². The van der Waals surface area contributed by atoms with Crippen LogP contribution in [0.5, 0.6) is 0 Å². The molecule has 0 nitrogen and oxygen atoms in total. The molecule has 0 bridgehead atoms. The molecular formula is C4H18Si2Ti. The molecule has 0 saturated carbocycles. The molecular weight excluding hydrogens is 152 g/mol. The Bertz CT molecular complexity index is 68.3. The van der Waals surface area contributed by atoms with Gasteiger partial charge in [-0.15, -0.1) is 0 Å². The summed E-state index contributed by atoms with van der Waals surface area (Å²) >= 11 is -1.89. The second-order valence-corrected chi connectivity index (χ2v) is 80.4. The Morgan fingerprint density at radius 1 is 0.857 bits per heavy atom.